The van der Waals surface area contributed by atoms with Crippen LogP contribution in [0.15, 0.2) is 30.5 Å². The molecule has 3 rings (SSSR count). The zero-order chi connectivity index (χ0) is 14.7. The summed E-state index contributed by atoms with van der Waals surface area (Å²) in [4.78, 5) is 16.9. The number of fused-ring (bicyclic) bond motifs is 1. The third-order valence-corrected chi connectivity index (χ3v) is 3.89. The van der Waals surface area contributed by atoms with Gasteiger partial charge in [0.1, 0.15) is 17.5 Å². The molecule has 0 bridgehead atoms. The summed E-state index contributed by atoms with van der Waals surface area (Å²) >= 11 is 2.25. The minimum Gasteiger partial charge on any atom is -0.369 e. The third-order valence-electron chi connectivity index (χ3n) is 3.10. The molecule has 0 fully saturated rings. The van der Waals surface area contributed by atoms with Gasteiger partial charge in [0.05, 0.1) is 21.0 Å². The second kappa shape index (κ2) is 6.38. The first-order chi connectivity index (χ1) is 10.3. The van der Waals surface area contributed by atoms with E-state index < -0.39 is 0 Å². The average Bonchev–Trinajstić information content (AvgIpc) is 2.90. The Labute approximate surface area is 136 Å². The Morgan fingerprint density at radius 2 is 2.10 bits per heavy atom. The summed E-state index contributed by atoms with van der Waals surface area (Å²) < 4.78 is 1.04. The van der Waals surface area contributed by atoms with Crippen LogP contribution in [0.3, 0.4) is 0 Å². The fraction of sp³-hybridized carbons (Fsp3) is 0.267. The molecular weight excluding hydrogens is 377 g/mol. The highest BCUT2D eigenvalue weighted by molar-refractivity contribution is 14.1. The largest absolute Gasteiger partial charge is 0.369 e. The van der Waals surface area contributed by atoms with Crippen LogP contribution in [0.2, 0.25) is 0 Å². The summed E-state index contributed by atoms with van der Waals surface area (Å²) in [6.07, 6.45) is 3.52. The van der Waals surface area contributed by atoms with Gasteiger partial charge in [-0.2, -0.15) is 0 Å². The van der Waals surface area contributed by atoms with E-state index in [-0.39, 0.29) is 0 Å². The molecule has 0 saturated heterocycles. The van der Waals surface area contributed by atoms with E-state index >= 15 is 0 Å². The molecule has 108 valence electrons. The van der Waals surface area contributed by atoms with Gasteiger partial charge in [-0.15, -0.1) is 0 Å². The molecule has 0 atom stereocenters. The van der Waals surface area contributed by atoms with Gasteiger partial charge in [-0.25, -0.2) is 15.0 Å². The van der Waals surface area contributed by atoms with Gasteiger partial charge in [0.25, 0.3) is 0 Å². The number of aromatic amines is 1. The van der Waals surface area contributed by atoms with E-state index in [9.17, 15) is 0 Å². The molecule has 0 aliphatic rings. The summed E-state index contributed by atoms with van der Waals surface area (Å²) in [5.74, 6) is 2.56. The van der Waals surface area contributed by atoms with Gasteiger partial charge in [0, 0.05) is 12.7 Å². The molecular formula is C15H16IN5. The van der Waals surface area contributed by atoms with Crippen molar-refractivity contribution in [2.24, 2.45) is 0 Å². The molecule has 0 radical (unpaired) electrons. The number of hydrogen-bond acceptors (Lipinski definition) is 4. The molecule has 0 aliphatic heterocycles. The molecule has 0 spiro atoms. The molecule has 0 aliphatic carbocycles. The van der Waals surface area contributed by atoms with Gasteiger partial charge in [-0.05, 0) is 41.1 Å². The van der Waals surface area contributed by atoms with E-state index in [1.165, 1.54) is 0 Å². The van der Waals surface area contributed by atoms with Crippen molar-refractivity contribution < 1.29 is 0 Å². The van der Waals surface area contributed by atoms with Crippen molar-refractivity contribution in [2.75, 3.05) is 11.9 Å². The predicted octanol–water partition coefficient (Wildman–Crippen LogP) is 3.37. The second-order valence-electron chi connectivity index (χ2n) is 4.79. The minimum atomic E-state index is 0.604. The summed E-state index contributed by atoms with van der Waals surface area (Å²) in [5, 5.41) is 3.33. The van der Waals surface area contributed by atoms with Crippen molar-refractivity contribution in [3.05, 3.63) is 45.7 Å². The molecule has 1 aromatic carbocycles. The molecule has 6 heteroatoms. The zero-order valence-electron chi connectivity index (χ0n) is 11.7. The number of aromatic nitrogens is 4. The average molecular weight is 393 g/mol. The molecule has 5 nitrogen and oxygen atoms in total. The molecule has 21 heavy (non-hydrogen) atoms. The maximum absolute atomic E-state index is 4.59. The molecule has 0 unspecified atom stereocenters. The number of rotatable bonds is 5. The van der Waals surface area contributed by atoms with Gasteiger partial charge in [-0.3, -0.25) is 0 Å². The van der Waals surface area contributed by atoms with E-state index in [0.717, 1.165) is 45.0 Å². The number of nitrogens with one attached hydrogen (secondary N) is 2. The maximum Gasteiger partial charge on any atom is 0.143 e. The fourth-order valence-electron chi connectivity index (χ4n) is 2.10. The first-order valence-electron chi connectivity index (χ1n) is 6.95. The highest BCUT2D eigenvalue weighted by atomic mass is 127. The number of H-pyrrole nitrogens is 1. The summed E-state index contributed by atoms with van der Waals surface area (Å²) in [6.45, 7) is 3.05. The van der Waals surface area contributed by atoms with Gasteiger partial charge < -0.3 is 10.3 Å². The normalized spacial score (nSPS) is 11.0. The Hall–Kier alpha value is -1.70. The van der Waals surface area contributed by atoms with E-state index in [2.05, 4.69) is 54.8 Å². The number of para-hydroxylation sites is 2. The van der Waals surface area contributed by atoms with Gasteiger partial charge in [-0.1, -0.05) is 19.1 Å². The minimum absolute atomic E-state index is 0.604. The summed E-state index contributed by atoms with van der Waals surface area (Å²) in [6, 6.07) is 8.01. The van der Waals surface area contributed by atoms with Crippen LogP contribution in [-0.2, 0) is 6.42 Å². The quantitative estimate of drug-likeness (QED) is 0.653. The van der Waals surface area contributed by atoms with Crippen molar-refractivity contribution in [1.82, 2.24) is 19.9 Å². The van der Waals surface area contributed by atoms with E-state index in [0.29, 0.717) is 6.42 Å². The van der Waals surface area contributed by atoms with E-state index in [4.69, 9.17) is 0 Å². The first-order valence-corrected chi connectivity index (χ1v) is 8.03. The van der Waals surface area contributed by atoms with E-state index in [1.54, 1.807) is 0 Å². The van der Waals surface area contributed by atoms with Crippen LogP contribution < -0.4 is 5.32 Å². The maximum atomic E-state index is 4.59. The van der Waals surface area contributed by atoms with Crippen molar-refractivity contribution in [3.8, 4) is 0 Å². The van der Waals surface area contributed by atoms with Crippen molar-refractivity contribution in [2.45, 2.75) is 19.8 Å². The molecule has 2 aromatic heterocycles. The Morgan fingerprint density at radius 1 is 1.24 bits per heavy atom. The van der Waals surface area contributed by atoms with Crippen molar-refractivity contribution >= 4 is 39.4 Å². The number of anilines is 1. The molecule has 3 aromatic rings. The molecule has 0 amide bonds. The second-order valence-corrected chi connectivity index (χ2v) is 5.95. The Morgan fingerprint density at radius 3 is 2.90 bits per heavy atom. The van der Waals surface area contributed by atoms with Crippen LogP contribution >= 0.6 is 22.6 Å². The van der Waals surface area contributed by atoms with Crippen LogP contribution in [0.25, 0.3) is 11.0 Å². The lowest BCUT2D eigenvalue weighted by atomic mass is 10.3. The van der Waals surface area contributed by atoms with Crippen LogP contribution in [0.5, 0.6) is 0 Å². The number of hydrogen-bond donors (Lipinski definition) is 2. The summed E-state index contributed by atoms with van der Waals surface area (Å²) in [7, 11) is 0. The lowest BCUT2D eigenvalue weighted by Gasteiger charge is -2.07. The first kappa shape index (κ1) is 14.2. The predicted molar refractivity (Wildman–Crippen MR) is 92.4 cm³/mol. The number of nitrogens with zero attached hydrogens (tertiary/aromatic N) is 3. The third kappa shape index (κ3) is 3.31. The Bertz CT molecular complexity index is 720. The highest BCUT2D eigenvalue weighted by Crippen LogP contribution is 2.16. The lowest BCUT2D eigenvalue weighted by Crippen LogP contribution is -2.07. The molecule has 2 N–H and O–H groups in total. The van der Waals surface area contributed by atoms with Gasteiger partial charge in [0.2, 0.25) is 0 Å². The standard InChI is InChI=1S/C15H16IN5/c1-2-7-17-15-10(16)9-18-13(21-15)8-14-19-11-5-3-4-6-12(11)20-14/h3-6,9H,2,7-8H2,1H3,(H,19,20)(H,17,18,21). The Balaban J connectivity index is 1.83. The van der Waals surface area contributed by atoms with Crippen LogP contribution in [0.4, 0.5) is 5.82 Å². The highest BCUT2D eigenvalue weighted by Gasteiger charge is 2.08. The van der Waals surface area contributed by atoms with Crippen LogP contribution in [0.1, 0.15) is 25.0 Å². The Kier molecular flexibility index (Phi) is 4.33. The number of imidazole rings is 1. The monoisotopic (exact) mass is 393 g/mol. The number of benzene rings is 1. The lowest BCUT2D eigenvalue weighted by molar-refractivity contribution is 0.899. The topological polar surface area (TPSA) is 66.5 Å². The van der Waals surface area contributed by atoms with Crippen LogP contribution in [-0.4, -0.2) is 26.5 Å². The number of halogens is 1. The molecule has 2 heterocycles. The fourth-order valence-corrected chi connectivity index (χ4v) is 2.55. The smallest absolute Gasteiger partial charge is 0.143 e. The van der Waals surface area contributed by atoms with Crippen molar-refractivity contribution in [1.29, 1.82) is 0 Å². The molecule has 0 saturated carbocycles. The zero-order valence-corrected chi connectivity index (χ0v) is 13.9. The van der Waals surface area contributed by atoms with Gasteiger partial charge >= 0.3 is 0 Å². The van der Waals surface area contributed by atoms with Crippen molar-refractivity contribution in [3.63, 3.8) is 0 Å². The van der Waals surface area contributed by atoms with E-state index in [1.807, 2.05) is 30.5 Å². The summed E-state index contributed by atoms with van der Waals surface area (Å²) in [5.41, 5.74) is 2.02. The SMILES string of the molecule is CCCNc1nc(Cc2nc3ccccc3[nH]2)ncc1I. The van der Waals surface area contributed by atoms with Crippen LogP contribution in [0, 0.1) is 3.57 Å². The van der Waals surface area contributed by atoms with Gasteiger partial charge in [0.15, 0.2) is 0 Å².